The number of benzene rings is 2. The fourth-order valence-electron chi connectivity index (χ4n) is 5.41. The molecule has 16 heteroatoms. The molecule has 4 rings (SSSR count). The van der Waals surface area contributed by atoms with E-state index < -0.39 is 16.2 Å². The number of hydrogen-bond donors (Lipinski definition) is 3. The predicted octanol–water partition coefficient (Wildman–Crippen LogP) is 3.69. The third kappa shape index (κ3) is 9.52. The fraction of sp³-hybridized carbons (Fsp3) is 0.424. The van der Waals surface area contributed by atoms with E-state index >= 15 is 0 Å². The molecule has 15 nitrogen and oxygen atoms in total. The Morgan fingerprint density at radius 2 is 1.53 bits per heavy atom. The number of pyridine rings is 1. The summed E-state index contributed by atoms with van der Waals surface area (Å²) in [6, 6.07) is 12.4. The largest absolute Gasteiger partial charge is 0.381 e. The summed E-state index contributed by atoms with van der Waals surface area (Å²) in [5.41, 5.74) is 7.32. The van der Waals surface area contributed by atoms with Crippen molar-refractivity contribution in [3.05, 3.63) is 87.0 Å². The van der Waals surface area contributed by atoms with E-state index in [1.807, 2.05) is 13.8 Å². The van der Waals surface area contributed by atoms with Crippen molar-refractivity contribution in [1.82, 2.24) is 20.6 Å². The molecule has 2 heterocycles. The van der Waals surface area contributed by atoms with Gasteiger partial charge < -0.3 is 30.6 Å². The number of nitro groups is 1. The lowest BCUT2D eigenvalue weighted by Gasteiger charge is -2.32. The van der Waals surface area contributed by atoms with Crippen molar-refractivity contribution in [1.29, 1.82) is 0 Å². The number of ether oxygens (including phenoxy) is 3. The predicted molar refractivity (Wildman–Crippen MR) is 177 cm³/mol. The van der Waals surface area contributed by atoms with Crippen LogP contribution in [0.1, 0.15) is 54.0 Å². The van der Waals surface area contributed by atoms with Gasteiger partial charge >= 0.3 is 5.69 Å². The van der Waals surface area contributed by atoms with E-state index in [2.05, 4.69) is 30.6 Å². The zero-order valence-electron chi connectivity index (χ0n) is 27.4. The zero-order valence-corrected chi connectivity index (χ0v) is 27.4. The van der Waals surface area contributed by atoms with E-state index in [1.165, 1.54) is 18.2 Å². The van der Waals surface area contributed by atoms with Gasteiger partial charge in [-0.15, -0.1) is 0 Å². The molecule has 2 aromatic carbocycles. The number of nitro benzene ring substituents is 1. The van der Waals surface area contributed by atoms with Gasteiger partial charge in [-0.3, -0.25) is 19.7 Å². The van der Waals surface area contributed by atoms with Crippen molar-refractivity contribution in [3.63, 3.8) is 0 Å². The molecule has 0 fully saturated rings. The Bertz CT molecular complexity index is 1710. The van der Waals surface area contributed by atoms with Crippen LogP contribution in [0.4, 0.5) is 15.8 Å². The van der Waals surface area contributed by atoms with E-state index in [-0.39, 0.29) is 47.3 Å². The van der Waals surface area contributed by atoms with Gasteiger partial charge in [0.05, 0.1) is 55.7 Å². The van der Waals surface area contributed by atoms with Crippen molar-refractivity contribution in [3.8, 4) is 0 Å². The number of halogens is 1. The molecule has 0 spiro atoms. The Hall–Kier alpha value is -5.06. The highest BCUT2D eigenvalue weighted by molar-refractivity contribution is 5.97. The number of fused-ring (bicyclic) bond motifs is 1. The van der Waals surface area contributed by atoms with Crippen LogP contribution in [0.3, 0.4) is 0 Å². The summed E-state index contributed by atoms with van der Waals surface area (Å²) in [4.78, 5) is 41.0. The van der Waals surface area contributed by atoms with Gasteiger partial charge in [0.25, 0.3) is 5.91 Å². The standard InChI is InChI=1S/C33H40FN7O8/c1-3-33(4-2,25-10-9-24(38-28(25)31(35)42)21-22-5-7-23(34)8-6-22)32(43)37-14-16-47-18-20-48-19-17-46-15-13-36-26-11-12-27(41(44)45)30-29(26)39-49-40-30/h5-12,36H,3-4,13-21H2,1-2H3,(H2,35,42)(H,37,43). The maximum Gasteiger partial charge on any atom is 0.300 e. The number of carbonyl (C=O) groups excluding carboxylic acids is 2. The number of carbonyl (C=O) groups is 2. The van der Waals surface area contributed by atoms with Crippen LogP contribution in [0, 0.1) is 15.9 Å². The third-order valence-electron chi connectivity index (χ3n) is 8.07. The minimum absolute atomic E-state index is 0.0436. The average Bonchev–Trinajstić information content (AvgIpc) is 3.59. The molecule has 0 saturated carbocycles. The van der Waals surface area contributed by atoms with Gasteiger partial charge in [0.15, 0.2) is 5.52 Å². The maximum atomic E-state index is 13.5. The summed E-state index contributed by atoms with van der Waals surface area (Å²) in [5.74, 6) is -1.32. The molecule has 49 heavy (non-hydrogen) atoms. The number of hydrogen-bond acceptors (Lipinski definition) is 12. The first kappa shape index (κ1) is 36.8. The van der Waals surface area contributed by atoms with E-state index in [4.69, 9.17) is 19.9 Å². The first-order chi connectivity index (χ1) is 23.7. The van der Waals surface area contributed by atoms with Crippen LogP contribution < -0.4 is 16.4 Å². The van der Waals surface area contributed by atoms with Crippen molar-refractivity contribution in [2.75, 3.05) is 58.0 Å². The minimum atomic E-state index is -1.02. The Labute approximate surface area is 281 Å². The Morgan fingerprint density at radius 3 is 2.16 bits per heavy atom. The smallest absolute Gasteiger partial charge is 0.300 e. The highest BCUT2D eigenvalue weighted by Gasteiger charge is 2.40. The molecule has 0 aliphatic rings. The number of nitrogens with zero attached hydrogens (tertiary/aromatic N) is 4. The molecular weight excluding hydrogens is 641 g/mol. The van der Waals surface area contributed by atoms with Crippen LogP contribution in [-0.2, 0) is 30.8 Å². The monoisotopic (exact) mass is 681 g/mol. The maximum absolute atomic E-state index is 13.5. The molecule has 4 N–H and O–H groups in total. The van der Waals surface area contributed by atoms with E-state index in [0.29, 0.717) is 75.8 Å². The van der Waals surface area contributed by atoms with Crippen molar-refractivity contribution in [2.24, 2.45) is 5.73 Å². The van der Waals surface area contributed by atoms with Crippen LogP contribution in [0.2, 0.25) is 0 Å². The van der Waals surface area contributed by atoms with Gasteiger partial charge in [-0.1, -0.05) is 32.0 Å². The molecule has 0 aliphatic carbocycles. The second-order valence-electron chi connectivity index (χ2n) is 11.0. The fourth-order valence-corrected chi connectivity index (χ4v) is 5.41. The van der Waals surface area contributed by atoms with Gasteiger partial charge in [0.1, 0.15) is 11.5 Å². The molecule has 0 aliphatic heterocycles. The number of amides is 2. The summed E-state index contributed by atoms with van der Waals surface area (Å²) in [6.45, 7) is 6.40. The number of nitrogens with two attached hydrogens (primary N) is 1. The van der Waals surface area contributed by atoms with Gasteiger partial charge in [0, 0.05) is 31.3 Å². The molecule has 0 saturated heterocycles. The van der Waals surface area contributed by atoms with Crippen LogP contribution in [0.25, 0.3) is 11.0 Å². The summed E-state index contributed by atoms with van der Waals surface area (Å²) >= 11 is 0. The first-order valence-electron chi connectivity index (χ1n) is 15.9. The van der Waals surface area contributed by atoms with Crippen molar-refractivity contribution in [2.45, 2.75) is 38.5 Å². The Balaban J connectivity index is 1.13. The van der Waals surface area contributed by atoms with E-state index in [9.17, 15) is 24.1 Å². The summed E-state index contributed by atoms with van der Waals surface area (Å²) < 4.78 is 34.6. The molecule has 0 unspecified atom stereocenters. The number of nitrogens with one attached hydrogen (secondary N) is 2. The highest BCUT2D eigenvalue weighted by Crippen LogP contribution is 2.34. The molecule has 4 aromatic rings. The Morgan fingerprint density at radius 1 is 0.898 bits per heavy atom. The van der Waals surface area contributed by atoms with Gasteiger partial charge in [0.2, 0.25) is 11.4 Å². The number of non-ortho nitro benzene ring substituents is 1. The molecule has 0 radical (unpaired) electrons. The topological polar surface area (TPSA) is 207 Å². The van der Waals surface area contributed by atoms with Crippen LogP contribution in [-0.4, -0.2) is 84.8 Å². The van der Waals surface area contributed by atoms with Gasteiger partial charge in [-0.25, -0.2) is 14.0 Å². The van der Waals surface area contributed by atoms with Gasteiger partial charge in [-0.2, -0.15) is 0 Å². The molecule has 0 atom stereocenters. The highest BCUT2D eigenvalue weighted by atomic mass is 19.1. The van der Waals surface area contributed by atoms with E-state index in [0.717, 1.165) is 5.56 Å². The lowest BCUT2D eigenvalue weighted by atomic mass is 9.74. The van der Waals surface area contributed by atoms with Crippen LogP contribution in [0.15, 0.2) is 53.2 Å². The molecule has 262 valence electrons. The third-order valence-corrected chi connectivity index (χ3v) is 8.07. The van der Waals surface area contributed by atoms with Crippen LogP contribution >= 0.6 is 0 Å². The SMILES string of the molecule is CCC(CC)(C(=O)NCCOCCOCCOCCNc1ccc([N+](=O)[O-])c2nonc12)c1ccc(Cc2ccc(F)cc2)nc1C(N)=O. The first-order valence-corrected chi connectivity index (χ1v) is 15.9. The lowest BCUT2D eigenvalue weighted by Crippen LogP contribution is -2.46. The summed E-state index contributed by atoms with van der Waals surface area (Å²) in [7, 11) is 0. The normalized spacial score (nSPS) is 11.5. The number of rotatable bonds is 21. The quantitative estimate of drug-likeness (QED) is 0.0654. The number of primary amides is 1. The second kappa shape index (κ2) is 17.9. The lowest BCUT2D eigenvalue weighted by molar-refractivity contribution is -0.383. The van der Waals surface area contributed by atoms with Crippen molar-refractivity contribution < 1.29 is 37.7 Å². The molecule has 2 aromatic heterocycles. The van der Waals surface area contributed by atoms with Crippen molar-refractivity contribution >= 4 is 34.2 Å². The summed E-state index contributed by atoms with van der Waals surface area (Å²) in [6.07, 6.45) is 1.21. The molecule has 0 bridgehead atoms. The van der Waals surface area contributed by atoms with E-state index in [1.54, 1.807) is 30.3 Å². The molecular formula is C33H40FN7O8. The molecule has 2 amide bonds. The second-order valence-corrected chi connectivity index (χ2v) is 11.0. The number of anilines is 1. The number of aromatic nitrogens is 3. The minimum Gasteiger partial charge on any atom is -0.381 e. The Kier molecular flexibility index (Phi) is 13.4. The zero-order chi connectivity index (χ0) is 35.2. The van der Waals surface area contributed by atoms with Crippen LogP contribution in [0.5, 0.6) is 0 Å². The summed E-state index contributed by atoms with van der Waals surface area (Å²) in [5, 5.41) is 24.4. The average molecular weight is 682 g/mol. The van der Waals surface area contributed by atoms with Gasteiger partial charge in [-0.05, 0) is 58.5 Å².